The highest BCUT2D eigenvalue weighted by Gasteiger charge is 2.29. The second-order valence-electron chi connectivity index (χ2n) is 6.99. The highest BCUT2D eigenvalue weighted by atomic mass is 16.5. The van der Waals surface area contributed by atoms with Crippen LogP contribution in [-0.4, -0.2) is 20.3 Å². The number of nitrogens with zero attached hydrogens (tertiary/aromatic N) is 3. The molecule has 1 aromatic carbocycles. The molecule has 1 aliphatic carbocycles. The molecule has 0 spiro atoms. The molecule has 0 aliphatic heterocycles. The maximum Gasteiger partial charge on any atom is 0.228 e. The Balaban J connectivity index is 1.32. The van der Waals surface area contributed by atoms with Gasteiger partial charge in [0.1, 0.15) is 23.0 Å². The van der Waals surface area contributed by atoms with Gasteiger partial charge in [0, 0.05) is 23.9 Å². The Morgan fingerprint density at radius 2 is 1.93 bits per heavy atom. The Hall–Kier alpha value is -3.87. The van der Waals surface area contributed by atoms with Gasteiger partial charge in [-0.15, -0.1) is 0 Å². The SMILES string of the molecule is O=C(Nc1cn2cc(Oc3cccc(Nc4ccccn4)c3)ccc2n1)C1CC1. The van der Waals surface area contributed by atoms with E-state index in [0.717, 1.165) is 30.0 Å². The van der Waals surface area contributed by atoms with Crippen LogP contribution in [0.1, 0.15) is 12.8 Å². The van der Waals surface area contributed by atoms with Crippen LogP contribution in [0.2, 0.25) is 0 Å². The van der Waals surface area contributed by atoms with Gasteiger partial charge in [-0.2, -0.15) is 0 Å². The molecule has 7 nitrogen and oxygen atoms in total. The molecule has 4 aromatic rings. The first-order valence-electron chi connectivity index (χ1n) is 9.48. The van der Waals surface area contributed by atoms with Crippen molar-refractivity contribution in [3.63, 3.8) is 0 Å². The molecule has 0 bridgehead atoms. The van der Waals surface area contributed by atoms with Gasteiger partial charge < -0.3 is 19.8 Å². The number of carbonyl (C=O) groups excluding carboxylic acids is 1. The van der Waals surface area contributed by atoms with Crippen LogP contribution in [0.5, 0.6) is 11.5 Å². The van der Waals surface area contributed by atoms with Gasteiger partial charge in [-0.3, -0.25) is 4.79 Å². The van der Waals surface area contributed by atoms with E-state index >= 15 is 0 Å². The Labute approximate surface area is 167 Å². The molecule has 0 unspecified atom stereocenters. The number of rotatable bonds is 6. The Bertz CT molecular complexity index is 1170. The van der Waals surface area contributed by atoms with Gasteiger partial charge in [-0.05, 0) is 49.2 Å². The number of fused-ring (bicyclic) bond motifs is 1. The molecule has 1 aliphatic rings. The number of anilines is 3. The molecule has 0 saturated heterocycles. The minimum absolute atomic E-state index is 0.0436. The van der Waals surface area contributed by atoms with Gasteiger partial charge in [-0.1, -0.05) is 12.1 Å². The number of hydrogen-bond acceptors (Lipinski definition) is 5. The van der Waals surface area contributed by atoms with E-state index in [-0.39, 0.29) is 11.8 Å². The minimum Gasteiger partial charge on any atom is -0.456 e. The number of carbonyl (C=O) groups is 1. The number of ether oxygens (including phenoxy) is 1. The van der Waals surface area contributed by atoms with Gasteiger partial charge in [0.2, 0.25) is 5.91 Å². The highest BCUT2D eigenvalue weighted by Crippen LogP contribution is 2.30. The number of aromatic nitrogens is 3. The van der Waals surface area contributed by atoms with Crippen LogP contribution in [0.4, 0.5) is 17.3 Å². The zero-order valence-electron chi connectivity index (χ0n) is 15.6. The summed E-state index contributed by atoms with van der Waals surface area (Å²) in [5.74, 6) is 2.89. The second kappa shape index (κ2) is 7.27. The van der Waals surface area contributed by atoms with Crippen LogP contribution in [0.3, 0.4) is 0 Å². The lowest BCUT2D eigenvalue weighted by Gasteiger charge is -2.09. The van der Waals surface area contributed by atoms with Crippen molar-refractivity contribution in [2.45, 2.75) is 12.8 Å². The summed E-state index contributed by atoms with van der Waals surface area (Å²) in [6, 6.07) is 17.1. The summed E-state index contributed by atoms with van der Waals surface area (Å²) in [5, 5.41) is 6.12. The maximum atomic E-state index is 11.9. The molecule has 3 heterocycles. The highest BCUT2D eigenvalue weighted by molar-refractivity contribution is 5.93. The van der Waals surface area contributed by atoms with Crippen molar-refractivity contribution in [2.75, 3.05) is 10.6 Å². The number of hydrogen-bond donors (Lipinski definition) is 2. The van der Waals surface area contributed by atoms with Crippen molar-refractivity contribution < 1.29 is 9.53 Å². The first-order chi connectivity index (χ1) is 14.2. The van der Waals surface area contributed by atoms with Gasteiger partial charge in [0.15, 0.2) is 5.82 Å². The van der Waals surface area contributed by atoms with Crippen molar-refractivity contribution in [1.29, 1.82) is 0 Å². The number of imidazole rings is 1. The summed E-state index contributed by atoms with van der Waals surface area (Å²) in [6.07, 6.45) is 7.30. The number of amides is 1. The predicted octanol–water partition coefficient (Wildman–Crippen LogP) is 4.61. The quantitative estimate of drug-likeness (QED) is 0.506. The third-order valence-corrected chi connectivity index (χ3v) is 4.63. The average Bonchev–Trinajstić information content (AvgIpc) is 3.50. The lowest BCUT2D eigenvalue weighted by molar-refractivity contribution is -0.117. The second-order valence-corrected chi connectivity index (χ2v) is 6.99. The van der Waals surface area contributed by atoms with Gasteiger partial charge in [0.05, 0.1) is 12.4 Å². The van der Waals surface area contributed by atoms with Crippen LogP contribution >= 0.6 is 0 Å². The molecule has 0 radical (unpaired) electrons. The minimum atomic E-state index is 0.0436. The summed E-state index contributed by atoms with van der Waals surface area (Å²) in [7, 11) is 0. The number of benzene rings is 1. The Kier molecular flexibility index (Phi) is 4.32. The standard InChI is InChI=1S/C22H19N5O2/c28-22(15-7-8-15)26-20-14-27-13-18(9-10-21(27)25-20)29-17-5-3-4-16(12-17)24-19-6-1-2-11-23-19/h1-6,9-15H,7-8H2,(H,23,24)(H,26,28). The van der Waals surface area contributed by atoms with Crippen molar-refractivity contribution in [3.05, 3.63) is 73.2 Å². The van der Waals surface area contributed by atoms with E-state index in [9.17, 15) is 4.79 Å². The molecule has 3 aromatic heterocycles. The summed E-state index contributed by atoms with van der Waals surface area (Å²) in [6.45, 7) is 0. The van der Waals surface area contributed by atoms with Crippen molar-refractivity contribution in [2.24, 2.45) is 5.92 Å². The molecule has 1 saturated carbocycles. The van der Waals surface area contributed by atoms with Gasteiger partial charge >= 0.3 is 0 Å². The summed E-state index contributed by atoms with van der Waals surface area (Å²) in [5.41, 5.74) is 1.63. The maximum absolute atomic E-state index is 11.9. The number of nitrogens with one attached hydrogen (secondary N) is 2. The number of pyridine rings is 2. The van der Waals surface area contributed by atoms with E-state index in [1.165, 1.54) is 0 Å². The first kappa shape index (κ1) is 17.2. The smallest absolute Gasteiger partial charge is 0.228 e. The van der Waals surface area contributed by atoms with Crippen LogP contribution in [-0.2, 0) is 4.79 Å². The first-order valence-corrected chi connectivity index (χ1v) is 9.48. The summed E-state index contributed by atoms with van der Waals surface area (Å²) < 4.78 is 7.85. The van der Waals surface area contributed by atoms with E-state index < -0.39 is 0 Å². The lowest BCUT2D eigenvalue weighted by Crippen LogP contribution is -2.13. The monoisotopic (exact) mass is 385 g/mol. The molecule has 1 amide bonds. The zero-order chi connectivity index (χ0) is 19.6. The Morgan fingerprint density at radius 3 is 2.76 bits per heavy atom. The fourth-order valence-electron chi connectivity index (χ4n) is 3.02. The van der Waals surface area contributed by atoms with E-state index in [1.54, 1.807) is 12.4 Å². The van der Waals surface area contributed by atoms with E-state index in [2.05, 4.69) is 20.6 Å². The van der Waals surface area contributed by atoms with Gasteiger partial charge in [-0.25, -0.2) is 9.97 Å². The van der Waals surface area contributed by atoms with Crippen molar-refractivity contribution >= 4 is 28.9 Å². The molecule has 29 heavy (non-hydrogen) atoms. The summed E-state index contributed by atoms with van der Waals surface area (Å²) >= 11 is 0. The molecule has 0 atom stereocenters. The zero-order valence-corrected chi connectivity index (χ0v) is 15.6. The lowest BCUT2D eigenvalue weighted by atomic mass is 10.3. The predicted molar refractivity (Wildman–Crippen MR) is 111 cm³/mol. The molecule has 5 rings (SSSR count). The third kappa shape index (κ3) is 4.03. The molecule has 2 N–H and O–H groups in total. The molecule has 144 valence electrons. The fourth-order valence-corrected chi connectivity index (χ4v) is 3.02. The average molecular weight is 385 g/mol. The van der Waals surface area contributed by atoms with Crippen LogP contribution in [0, 0.1) is 5.92 Å². The molecular weight excluding hydrogens is 366 g/mol. The fraction of sp³-hybridized carbons (Fsp3) is 0.136. The van der Waals surface area contributed by atoms with Crippen LogP contribution < -0.4 is 15.4 Å². The van der Waals surface area contributed by atoms with Gasteiger partial charge in [0.25, 0.3) is 0 Å². The van der Waals surface area contributed by atoms with E-state index in [4.69, 9.17) is 4.74 Å². The topological polar surface area (TPSA) is 80.6 Å². The van der Waals surface area contributed by atoms with Crippen molar-refractivity contribution in [3.8, 4) is 11.5 Å². The van der Waals surface area contributed by atoms with Crippen molar-refractivity contribution in [1.82, 2.24) is 14.4 Å². The van der Waals surface area contributed by atoms with E-state index in [1.807, 2.05) is 65.2 Å². The summed E-state index contributed by atoms with van der Waals surface area (Å²) in [4.78, 5) is 20.6. The van der Waals surface area contributed by atoms with Crippen LogP contribution in [0.25, 0.3) is 5.65 Å². The molecule has 7 heteroatoms. The largest absolute Gasteiger partial charge is 0.456 e. The Morgan fingerprint density at radius 1 is 1.00 bits per heavy atom. The molecule has 1 fully saturated rings. The van der Waals surface area contributed by atoms with Crippen LogP contribution in [0.15, 0.2) is 73.2 Å². The molecular formula is C22H19N5O2. The third-order valence-electron chi connectivity index (χ3n) is 4.63. The van der Waals surface area contributed by atoms with E-state index in [0.29, 0.717) is 17.3 Å². The normalized spacial score (nSPS) is 13.2.